The Hall–Kier alpha value is -0.500. The van der Waals surface area contributed by atoms with Gasteiger partial charge in [0, 0.05) is 12.1 Å². The maximum Gasteiger partial charge on any atom is 0.260 e. The highest BCUT2D eigenvalue weighted by Crippen LogP contribution is 2.55. The number of halogens is 2. The Morgan fingerprint density at radius 1 is 1.44 bits per heavy atom. The molecule has 0 saturated carbocycles. The molecule has 6 heteroatoms. The molecule has 16 heavy (non-hydrogen) atoms. The first kappa shape index (κ1) is 13.6. The molecule has 0 saturated heterocycles. The lowest BCUT2D eigenvalue weighted by molar-refractivity contribution is -0.581. The summed E-state index contributed by atoms with van der Waals surface area (Å²) in [5.41, 5.74) is 1.35. The predicted molar refractivity (Wildman–Crippen MR) is 64.8 cm³/mol. The van der Waals surface area contributed by atoms with E-state index in [0.717, 1.165) is 5.56 Å². The Balaban J connectivity index is 3.12. The standard InChI is InChI=1S/C10H12Cl2NO2P/c1-3-15-10(14)9(16(11)12)13-6-4-8(2)5-7-13/h4-7H,3H2,1-2H3/b10-9-. The van der Waals surface area contributed by atoms with Crippen molar-refractivity contribution in [2.45, 2.75) is 13.8 Å². The van der Waals surface area contributed by atoms with Crippen molar-refractivity contribution in [3.63, 3.8) is 0 Å². The zero-order chi connectivity index (χ0) is 12.1. The summed E-state index contributed by atoms with van der Waals surface area (Å²) in [5, 5.41) is 11.6. The van der Waals surface area contributed by atoms with Gasteiger partial charge in [0.05, 0.1) is 0 Å². The van der Waals surface area contributed by atoms with Gasteiger partial charge in [-0.2, -0.15) is 4.57 Å². The van der Waals surface area contributed by atoms with Gasteiger partial charge in [-0.05, 0) is 19.1 Å². The monoisotopic (exact) mass is 279 g/mol. The molecule has 0 radical (unpaired) electrons. The van der Waals surface area contributed by atoms with E-state index in [4.69, 9.17) is 27.2 Å². The van der Waals surface area contributed by atoms with Crippen molar-refractivity contribution >= 4 is 34.5 Å². The molecular weight excluding hydrogens is 268 g/mol. The van der Waals surface area contributed by atoms with E-state index in [0.29, 0.717) is 6.61 Å². The van der Waals surface area contributed by atoms with E-state index in [-0.39, 0.29) is 5.44 Å². The Morgan fingerprint density at radius 3 is 2.44 bits per heavy atom. The highest BCUT2D eigenvalue weighted by atomic mass is 35.9. The lowest BCUT2D eigenvalue weighted by Gasteiger charge is -2.14. The number of hydrogen-bond acceptors (Lipinski definition) is 2. The minimum absolute atomic E-state index is 0.264. The number of pyridine rings is 1. The van der Waals surface area contributed by atoms with Crippen LogP contribution in [0.2, 0.25) is 0 Å². The number of aromatic nitrogens is 1. The van der Waals surface area contributed by atoms with E-state index in [2.05, 4.69) is 0 Å². The van der Waals surface area contributed by atoms with Crippen LogP contribution >= 0.6 is 29.1 Å². The number of aryl methyl sites for hydroxylation is 1. The Bertz CT molecular complexity index is 379. The number of rotatable bonds is 4. The third-order valence-electron chi connectivity index (χ3n) is 1.86. The highest BCUT2D eigenvalue weighted by Gasteiger charge is 2.21. The molecule has 0 unspecified atom stereocenters. The molecule has 0 atom stereocenters. The fraction of sp³-hybridized carbons (Fsp3) is 0.300. The number of hydrogen-bond donors (Lipinski definition) is 0. The molecule has 0 fully saturated rings. The lowest BCUT2D eigenvalue weighted by atomic mass is 10.3. The summed E-state index contributed by atoms with van der Waals surface area (Å²) in [4.78, 5) is 0. The van der Waals surface area contributed by atoms with Gasteiger partial charge in [-0.25, -0.2) is 0 Å². The molecule has 0 aliphatic carbocycles. The van der Waals surface area contributed by atoms with Gasteiger partial charge in [-0.1, -0.05) is 29.4 Å². The predicted octanol–water partition coefficient (Wildman–Crippen LogP) is 2.55. The average Bonchev–Trinajstić information content (AvgIpc) is 2.21. The molecule has 0 aromatic carbocycles. The van der Waals surface area contributed by atoms with Crippen LogP contribution in [0.3, 0.4) is 0 Å². The van der Waals surface area contributed by atoms with E-state index in [1.54, 1.807) is 23.9 Å². The van der Waals surface area contributed by atoms with Crippen LogP contribution in [0.15, 0.2) is 30.5 Å². The second kappa shape index (κ2) is 6.29. The van der Waals surface area contributed by atoms with Crippen LogP contribution in [0.1, 0.15) is 12.5 Å². The van der Waals surface area contributed by atoms with E-state index in [9.17, 15) is 5.11 Å². The average molecular weight is 280 g/mol. The largest absolute Gasteiger partial charge is 0.609 e. The summed E-state index contributed by atoms with van der Waals surface area (Å²) in [7, 11) is 0. The van der Waals surface area contributed by atoms with Crippen LogP contribution in [0.5, 0.6) is 0 Å². The molecule has 3 nitrogen and oxygen atoms in total. The smallest absolute Gasteiger partial charge is 0.260 e. The first-order valence-corrected chi connectivity index (χ1v) is 7.85. The fourth-order valence-corrected chi connectivity index (χ4v) is 2.55. The normalized spacial score (nSPS) is 12.6. The minimum Gasteiger partial charge on any atom is -0.609 e. The zero-order valence-electron chi connectivity index (χ0n) is 8.98. The molecule has 1 heterocycles. The molecule has 0 bridgehead atoms. The summed E-state index contributed by atoms with van der Waals surface area (Å²) < 4.78 is 6.49. The van der Waals surface area contributed by atoms with Gasteiger partial charge >= 0.3 is 0 Å². The van der Waals surface area contributed by atoms with Gasteiger partial charge in [-0.15, -0.1) is 0 Å². The Labute approximate surface area is 106 Å². The van der Waals surface area contributed by atoms with Crippen molar-refractivity contribution in [1.82, 2.24) is 0 Å². The van der Waals surface area contributed by atoms with Gasteiger partial charge < -0.3 is 9.84 Å². The van der Waals surface area contributed by atoms with E-state index < -0.39 is 12.6 Å². The minimum atomic E-state index is -1.55. The molecule has 1 aromatic heterocycles. The fourth-order valence-electron chi connectivity index (χ4n) is 1.10. The Kier molecular flexibility index (Phi) is 5.33. The number of ether oxygens (including phenoxy) is 1. The third kappa shape index (κ3) is 3.51. The maximum absolute atomic E-state index is 11.6. The molecule has 0 N–H and O–H groups in total. The van der Waals surface area contributed by atoms with Gasteiger partial charge in [0.2, 0.25) is 0 Å². The van der Waals surface area contributed by atoms with Gasteiger partial charge in [0.15, 0.2) is 19.0 Å². The van der Waals surface area contributed by atoms with Gasteiger partial charge in [0.25, 0.3) is 5.44 Å². The second-order valence-corrected chi connectivity index (χ2v) is 6.50. The molecule has 88 valence electrons. The molecular formula is C10H12Cl2NO2P. The summed E-state index contributed by atoms with van der Waals surface area (Å²) in [6.07, 6.45) is 3.48. The summed E-state index contributed by atoms with van der Waals surface area (Å²) in [6.45, 7) is 2.44. The summed E-state index contributed by atoms with van der Waals surface area (Å²) in [6, 6.07) is 3.73. The summed E-state index contributed by atoms with van der Waals surface area (Å²) >= 11 is 11.6. The van der Waals surface area contributed by atoms with E-state index in [1.165, 1.54) is 0 Å². The summed E-state index contributed by atoms with van der Waals surface area (Å²) in [5.74, 6) is -0.479. The molecule has 0 aliphatic rings. The van der Waals surface area contributed by atoms with Crippen molar-refractivity contribution in [1.29, 1.82) is 0 Å². The molecule has 1 aromatic rings. The highest BCUT2D eigenvalue weighted by molar-refractivity contribution is 8.10. The van der Waals surface area contributed by atoms with Crippen LogP contribution in [0.4, 0.5) is 0 Å². The van der Waals surface area contributed by atoms with Crippen LogP contribution in [-0.4, -0.2) is 6.61 Å². The molecule has 0 amide bonds. The zero-order valence-corrected chi connectivity index (χ0v) is 11.4. The topological polar surface area (TPSA) is 36.2 Å². The SMILES string of the molecule is CCO/C([O-])=C(/[n+]1ccc(C)cc1)P(Cl)Cl. The maximum atomic E-state index is 11.6. The molecule has 1 rings (SSSR count). The van der Waals surface area contributed by atoms with Crippen LogP contribution in [0.25, 0.3) is 5.44 Å². The quantitative estimate of drug-likeness (QED) is 0.483. The van der Waals surface area contributed by atoms with Crippen LogP contribution < -0.4 is 9.67 Å². The van der Waals surface area contributed by atoms with Crippen molar-refractivity contribution in [2.24, 2.45) is 0 Å². The van der Waals surface area contributed by atoms with Crippen molar-refractivity contribution in [3.05, 3.63) is 36.0 Å². The lowest BCUT2D eigenvalue weighted by Crippen LogP contribution is -2.33. The van der Waals surface area contributed by atoms with Crippen molar-refractivity contribution < 1.29 is 14.4 Å². The van der Waals surface area contributed by atoms with Crippen molar-refractivity contribution in [3.8, 4) is 0 Å². The number of nitrogens with zero attached hydrogens (tertiary/aromatic N) is 1. The first-order valence-electron chi connectivity index (χ1n) is 4.70. The Morgan fingerprint density at radius 2 is 2.00 bits per heavy atom. The molecule has 0 aliphatic heterocycles. The molecule has 0 spiro atoms. The van der Waals surface area contributed by atoms with E-state index >= 15 is 0 Å². The van der Waals surface area contributed by atoms with Crippen LogP contribution in [0, 0.1) is 6.92 Å². The van der Waals surface area contributed by atoms with Gasteiger partial charge in [-0.3, -0.25) is 0 Å². The van der Waals surface area contributed by atoms with Crippen molar-refractivity contribution in [2.75, 3.05) is 6.61 Å². The van der Waals surface area contributed by atoms with Crippen LogP contribution in [-0.2, 0) is 4.74 Å². The van der Waals surface area contributed by atoms with Gasteiger partial charge in [0.1, 0.15) is 5.95 Å². The first-order chi connectivity index (χ1) is 7.56. The van der Waals surface area contributed by atoms with E-state index in [1.807, 2.05) is 19.1 Å². The third-order valence-corrected chi connectivity index (χ3v) is 3.55. The second-order valence-electron chi connectivity index (χ2n) is 3.06.